The summed E-state index contributed by atoms with van der Waals surface area (Å²) in [5, 5.41) is 18.6. The lowest BCUT2D eigenvalue weighted by molar-refractivity contribution is -0.0460. The van der Waals surface area contributed by atoms with E-state index >= 15 is 0 Å². The normalized spacial score (nSPS) is 26.8. The van der Waals surface area contributed by atoms with Crippen molar-refractivity contribution in [3.63, 3.8) is 0 Å². The summed E-state index contributed by atoms with van der Waals surface area (Å²) in [6, 6.07) is 0. The first kappa shape index (κ1) is 13.9. The Bertz CT molecular complexity index is 551. The van der Waals surface area contributed by atoms with Gasteiger partial charge in [0, 0.05) is 19.7 Å². The van der Waals surface area contributed by atoms with Crippen molar-refractivity contribution < 1.29 is 19.7 Å². The first-order chi connectivity index (χ1) is 9.06. The van der Waals surface area contributed by atoms with Crippen LogP contribution in [0.1, 0.15) is 18.2 Å². The zero-order valence-corrected chi connectivity index (χ0v) is 10.4. The van der Waals surface area contributed by atoms with Gasteiger partial charge in [-0.15, -0.1) is 0 Å². The SMILES string of the molecule is COCc1cn([C@@H]2C[C@@H](O)[C@@H](CO)O2)c(=O)[nH]c1=O. The maximum absolute atomic E-state index is 11.7. The number of rotatable bonds is 4. The third-order valence-electron chi connectivity index (χ3n) is 3.04. The molecule has 8 nitrogen and oxygen atoms in total. The largest absolute Gasteiger partial charge is 0.394 e. The van der Waals surface area contributed by atoms with Crippen molar-refractivity contribution in [3.8, 4) is 0 Å². The van der Waals surface area contributed by atoms with Crippen LogP contribution in [0.2, 0.25) is 0 Å². The van der Waals surface area contributed by atoms with Crippen molar-refractivity contribution in [2.75, 3.05) is 13.7 Å². The molecule has 19 heavy (non-hydrogen) atoms. The number of nitrogens with one attached hydrogen (secondary N) is 1. The lowest BCUT2D eigenvalue weighted by Gasteiger charge is -2.15. The predicted molar refractivity (Wildman–Crippen MR) is 63.7 cm³/mol. The molecular formula is C11H16N2O6. The van der Waals surface area contributed by atoms with E-state index in [1.165, 1.54) is 17.9 Å². The third-order valence-corrected chi connectivity index (χ3v) is 3.04. The Morgan fingerprint density at radius 3 is 2.89 bits per heavy atom. The molecule has 3 atom stereocenters. The topological polar surface area (TPSA) is 114 Å². The van der Waals surface area contributed by atoms with E-state index in [-0.39, 0.29) is 25.2 Å². The van der Waals surface area contributed by atoms with Crippen LogP contribution in [-0.2, 0) is 16.1 Å². The van der Waals surface area contributed by atoms with E-state index in [0.717, 1.165) is 0 Å². The molecule has 0 spiro atoms. The second-order valence-corrected chi connectivity index (χ2v) is 4.37. The zero-order valence-electron chi connectivity index (χ0n) is 10.4. The van der Waals surface area contributed by atoms with Crippen LogP contribution in [0.15, 0.2) is 15.8 Å². The molecule has 8 heteroatoms. The van der Waals surface area contributed by atoms with E-state index in [2.05, 4.69) is 4.98 Å². The Balaban J connectivity index is 2.33. The molecule has 1 aromatic rings. The molecule has 1 saturated heterocycles. The fraction of sp³-hybridized carbons (Fsp3) is 0.636. The Morgan fingerprint density at radius 2 is 2.32 bits per heavy atom. The zero-order chi connectivity index (χ0) is 14.0. The van der Waals surface area contributed by atoms with E-state index in [1.54, 1.807) is 0 Å². The number of hydrogen-bond acceptors (Lipinski definition) is 6. The van der Waals surface area contributed by atoms with E-state index in [9.17, 15) is 14.7 Å². The maximum Gasteiger partial charge on any atom is 0.330 e. The maximum atomic E-state index is 11.7. The predicted octanol–water partition coefficient (Wildman–Crippen LogP) is -1.68. The van der Waals surface area contributed by atoms with Gasteiger partial charge in [0.25, 0.3) is 5.56 Å². The van der Waals surface area contributed by atoms with Gasteiger partial charge < -0.3 is 19.7 Å². The van der Waals surface area contributed by atoms with Gasteiger partial charge in [0.15, 0.2) is 0 Å². The summed E-state index contributed by atoms with van der Waals surface area (Å²) in [7, 11) is 1.44. The molecule has 0 bridgehead atoms. The number of methoxy groups -OCH3 is 1. The highest BCUT2D eigenvalue weighted by Gasteiger charge is 2.35. The van der Waals surface area contributed by atoms with Gasteiger partial charge in [0.05, 0.1) is 24.9 Å². The Hall–Kier alpha value is -1.48. The molecule has 2 rings (SSSR count). The Labute approximate surface area is 108 Å². The molecule has 1 aliphatic heterocycles. The molecule has 2 heterocycles. The molecule has 0 amide bonds. The van der Waals surface area contributed by atoms with Gasteiger partial charge in [-0.3, -0.25) is 14.3 Å². The summed E-state index contributed by atoms with van der Waals surface area (Å²) < 4.78 is 11.4. The van der Waals surface area contributed by atoms with Crippen LogP contribution in [0.3, 0.4) is 0 Å². The highest BCUT2D eigenvalue weighted by atomic mass is 16.5. The monoisotopic (exact) mass is 272 g/mol. The van der Waals surface area contributed by atoms with Crippen molar-refractivity contribution in [1.29, 1.82) is 0 Å². The molecule has 0 saturated carbocycles. The average molecular weight is 272 g/mol. The van der Waals surface area contributed by atoms with Gasteiger partial charge in [-0.25, -0.2) is 4.79 Å². The summed E-state index contributed by atoms with van der Waals surface area (Å²) in [6.45, 7) is -0.269. The highest BCUT2D eigenvalue weighted by Crippen LogP contribution is 2.27. The van der Waals surface area contributed by atoms with Crippen LogP contribution in [-0.4, -0.2) is 45.7 Å². The molecule has 0 radical (unpaired) electrons. The molecule has 0 aromatic carbocycles. The summed E-state index contributed by atoms with van der Waals surface area (Å²) >= 11 is 0. The van der Waals surface area contributed by atoms with Crippen LogP contribution in [0.25, 0.3) is 0 Å². The number of ether oxygens (including phenoxy) is 2. The molecule has 106 valence electrons. The third kappa shape index (κ3) is 2.76. The van der Waals surface area contributed by atoms with Crippen LogP contribution in [0.4, 0.5) is 0 Å². The van der Waals surface area contributed by atoms with Gasteiger partial charge in [0.2, 0.25) is 0 Å². The fourth-order valence-corrected chi connectivity index (χ4v) is 2.05. The van der Waals surface area contributed by atoms with Crippen LogP contribution in [0.5, 0.6) is 0 Å². The first-order valence-corrected chi connectivity index (χ1v) is 5.84. The second-order valence-electron chi connectivity index (χ2n) is 4.37. The van der Waals surface area contributed by atoms with Gasteiger partial charge in [-0.05, 0) is 0 Å². The molecular weight excluding hydrogens is 256 g/mol. The lowest BCUT2D eigenvalue weighted by Crippen LogP contribution is -2.34. The van der Waals surface area contributed by atoms with E-state index < -0.39 is 29.7 Å². The number of aliphatic hydroxyl groups excluding tert-OH is 2. The van der Waals surface area contributed by atoms with Gasteiger partial charge >= 0.3 is 5.69 Å². The molecule has 1 aliphatic rings. The number of hydrogen-bond donors (Lipinski definition) is 3. The summed E-state index contributed by atoms with van der Waals surface area (Å²) in [6.07, 6.45) is -0.771. The molecule has 1 fully saturated rings. The minimum Gasteiger partial charge on any atom is -0.394 e. The van der Waals surface area contributed by atoms with Crippen LogP contribution < -0.4 is 11.2 Å². The average Bonchev–Trinajstić information content (AvgIpc) is 2.74. The minimum atomic E-state index is -0.847. The van der Waals surface area contributed by atoms with Gasteiger partial charge in [-0.1, -0.05) is 0 Å². The van der Waals surface area contributed by atoms with Crippen LogP contribution >= 0.6 is 0 Å². The van der Waals surface area contributed by atoms with Crippen LogP contribution in [0, 0.1) is 0 Å². The molecule has 0 aliphatic carbocycles. The summed E-state index contributed by atoms with van der Waals surface area (Å²) in [5.74, 6) is 0. The van der Waals surface area contributed by atoms with Gasteiger partial charge in [0.1, 0.15) is 12.3 Å². The highest BCUT2D eigenvalue weighted by molar-refractivity contribution is 5.04. The van der Waals surface area contributed by atoms with E-state index in [1.807, 2.05) is 0 Å². The fourth-order valence-electron chi connectivity index (χ4n) is 2.05. The van der Waals surface area contributed by atoms with Crippen molar-refractivity contribution in [2.24, 2.45) is 0 Å². The molecule has 0 unspecified atom stereocenters. The standard InChI is InChI=1S/C11H16N2O6/c1-18-5-6-3-13(11(17)12-10(6)16)9-2-7(15)8(4-14)19-9/h3,7-9,14-15H,2,4-5H2,1H3,(H,12,16,17)/t7-,8-,9+/m1/s1. The second kappa shape index (κ2) is 5.66. The van der Waals surface area contributed by atoms with Crippen molar-refractivity contribution >= 4 is 0 Å². The lowest BCUT2D eigenvalue weighted by atomic mass is 10.2. The quantitative estimate of drug-likeness (QED) is 0.603. The Kier molecular flexibility index (Phi) is 4.15. The minimum absolute atomic E-state index is 0.0638. The van der Waals surface area contributed by atoms with Crippen molar-refractivity contribution in [3.05, 3.63) is 32.6 Å². The smallest absolute Gasteiger partial charge is 0.330 e. The first-order valence-electron chi connectivity index (χ1n) is 5.84. The molecule has 3 N–H and O–H groups in total. The van der Waals surface area contributed by atoms with Crippen molar-refractivity contribution in [2.45, 2.75) is 31.5 Å². The summed E-state index contributed by atoms with van der Waals surface area (Å²) in [4.78, 5) is 25.4. The van der Waals surface area contributed by atoms with E-state index in [4.69, 9.17) is 14.6 Å². The number of aromatic nitrogens is 2. The number of H-pyrrole nitrogens is 1. The van der Waals surface area contributed by atoms with Crippen molar-refractivity contribution in [1.82, 2.24) is 9.55 Å². The Morgan fingerprint density at radius 1 is 1.58 bits per heavy atom. The number of aliphatic hydroxyl groups is 2. The number of aromatic amines is 1. The number of nitrogens with zero attached hydrogens (tertiary/aromatic N) is 1. The van der Waals surface area contributed by atoms with Gasteiger partial charge in [-0.2, -0.15) is 0 Å². The van der Waals surface area contributed by atoms with E-state index in [0.29, 0.717) is 0 Å². The summed E-state index contributed by atoms with van der Waals surface area (Å²) in [5.41, 5.74) is -0.853. The molecule has 1 aromatic heterocycles.